The lowest BCUT2D eigenvalue weighted by atomic mass is 10.2. The van der Waals surface area contributed by atoms with Crippen molar-refractivity contribution in [3.63, 3.8) is 0 Å². The molecule has 1 N–H and O–H groups in total. The fourth-order valence-electron chi connectivity index (χ4n) is 2.17. The van der Waals surface area contributed by atoms with Gasteiger partial charge in [0.05, 0.1) is 6.10 Å². The highest BCUT2D eigenvalue weighted by Gasteiger charge is 2.18. The maximum absolute atomic E-state index is 5.66. The van der Waals surface area contributed by atoms with Crippen molar-refractivity contribution >= 4 is 11.6 Å². The summed E-state index contributed by atoms with van der Waals surface area (Å²) >= 11 is 0. The normalized spacial score (nSPS) is 18.9. The first-order valence-corrected chi connectivity index (χ1v) is 6.83. The molecule has 2 rings (SSSR count). The van der Waals surface area contributed by atoms with Gasteiger partial charge in [-0.25, -0.2) is 4.98 Å². The summed E-state index contributed by atoms with van der Waals surface area (Å²) in [6.45, 7) is 4.95. The van der Waals surface area contributed by atoms with E-state index in [1.807, 2.05) is 18.2 Å². The topological polar surface area (TPSA) is 37.4 Å². The first kappa shape index (κ1) is 13.1. The molecule has 1 fully saturated rings. The molecule has 1 saturated heterocycles. The summed E-state index contributed by atoms with van der Waals surface area (Å²) in [6.07, 6.45) is 3.82. The van der Waals surface area contributed by atoms with E-state index in [4.69, 9.17) is 4.74 Å². The van der Waals surface area contributed by atoms with Gasteiger partial charge in [-0.15, -0.1) is 0 Å². The largest absolute Gasteiger partial charge is 0.376 e. The fraction of sp³-hybridized carbons (Fsp3) is 0.643. The first-order chi connectivity index (χ1) is 8.79. The van der Waals surface area contributed by atoms with Gasteiger partial charge in [0.1, 0.15) is 11.6 Å². The van der Waals surface area contributed by atoms with Crippen LogP contribution in [0.15, 0.2) is 18.2 Å². The Morgan fingerprint density at radius 2 is 2.39 bits per heavy atom. The average molecular weight is 249 g/mol. The Kier molecular flexibility index (Phi) is 4.81. The minimum Gasteiger partial charge on any atom is -0.376 e. The third kappa shape index (κ3) is 3.60. The van der Waals surface area contributed by atoms with Crippen LogP contribution in [0.1, 0.15) is 26.2 Å². The standard InChI is InChI=1S/C14H23N3O/c1-3-9-15-13-7-4-8-14(16-13)17(2)11-12-6-5-10-18-12/h4,7-8,12H,3,5-6,9-11H2,1-2H3,(H,15,16). The van der Waals surface area contributed by atoms with Crippen LogP contribution >= 0.6 is 0 Å². The molecule has 1 atom stereocenters. The predicted octanol–water partition coefficient (Wildman–Crippen LogP) is 2.52. The summed E-state index contributed by atoms with van der Waals surface area (Å²) in [4.78, 5) is 6.79. The van der Waals surface area contributed by atoms with Crippen molar-refractivity contribution in [2.75, 3.05) is 37.0 Å². The van der Waals surface area contributed by atoms with Crippen LogP contribution in [0.4, 0.5) is 11.6 Å². The monoisotopic (exact) mass is 249 g/mol. The predicted molar refractivity (Wildman–Crippen MR) is 75.3 cm³/mol. The molecule has 18 heavy (non-hydrogen) atoms. The maximum Gasteiger partial charge on any atom is 0.130 e. The summed E-state index contributed by atoms with van der Waals surface area (Å²) in [6, 6.07) is 6.11. The number of nitrogens with one attached hydrogen (secondary N) is 1. The van der Waals surface area contributed by atoms with Crippen molar-refractivity contribution < 1.29 is 4.74 Å². The molecule has 1 aliphatic rings. The van der Waals surface area contributed by atoms with Crippen LogP contribution in [0.3, 0.4) is 0 Å². The minimum atomic E-state index is 0.365. The molecule has 0 saturated carbocycles. The van der Waals surface area contributed by atoms with Gasteiger partial charge in [0.2, 0.25) is 0 Å². The van der Waals surface area contributed by atoms with Crippen LogP contribution in [-0.2, 0) is 4.74 Å². The molecule has 0 bridgehead atoms. The molecule has 1 aromatic heterocycles. The maximum atomic E-state index is 5.66. The Morgan fingerprint density at radius 1 is 1.50 bits per heavy atom. The van der Waals surface area contributed by atoms with E-state index in [-0.39, 0.29) is 0 Å². The van der Waals surface area contributed by atoms with Crippen molar-refractivity contribution in [3.05, 3.63) is 18.2 Å². The van der Waals surface area contributed by atoms with Gasteiger partial charge in [0, 0.05) is 26.7 Å². The minimum absolute atomic E-state index is 0.365. The quantitative estimate of drug-likeness (QED) is 0.840. The van der Waals surface area contributed by atoms with Gasteiger partial charge in [-0.05, 0) is 31.4 Å². The SMILES string of the molecule is CCCNc1cccc(N(C)CC2CCCO2)n1. The highest BCUT2D eigenvalue weighted by Crippen LogP contribution is 2.17. The zero-order chi connectivity index (χ0) is 12.8. The second-order valence-electron chi connectivity index (χ2n) is 4.82. The highest BCUT2D eigenvalue weighted by atomic mass is 16.5. The molecule has 0 spiro atoms. The smallest absolute Gasteiger partial charge is 0.130 e. The van der Waals surface area contributed by atoms with Gasteiger partial charge >= 0.3 is 0 Å². The van der Waals surface area contributed by atoms with E-state index in [9.17, 15) is 0 Å². The fourth-order valence-corrected chi connectivity index (χ4v) is 2.17. The third-order valence-corrected chi connectivity index (χ3v) is 3.18. The zero-order valence-corrected chi connectivity index (χ0v) is 11.4. The summed E-state index contributed by atoms with van der Waals surface area (Å²) in [5.41, 5.74) is 0. The first-order valence-electron chi connectivity index (χ1n) is 6.83. The van der Waals surface area contributed by atoms with E-state index in [2.05, 4.69) is 29.2 Å². The molecule has 100 valence electrons. The van der Waals surface area contributed by atoms with Crippen LogP contribution in [0.25, 0.3) is 0 Å². The van der Waals surface area contributed by atoms with Crippen LogP contribution in [0, 0.1) is 0 Å². The third-order valence-electron chi connectivity index (χ3n) is 3.18. The van der Waals surface area contributed by atoms with Crippen molar-refractivity contribution in [1.82, 2.24) is 4.98 Å². The lowest BCUT2D eigenvalue weighted by molar-refractivity contribution is 0.116. The van der Waals surface area contributed by atoms with Gasteiger partial charge < -0.3 is 15.0 Å². The molecule has 0 amide bonds. The Hall–Kier alpha value is -1.29. The van der Waals surface area contributed by atoms with Gasteiger partial charge in [-0.2, -0.15) is 0 Å². The molecule has 4 nitrogen and oxygen atoms in total. The molecule has 1 aromatic rings. The van der Waals surface area contributed by atoms with Crippen molar-refractivity contribution in [2.45, 2.75) is 32.3 Å². The van der Waals surface area contributed by atoms with Gasteiger partial charge in [0.25, 0.3) is 0 Å². The molecule has 0 radical (unpaired) electrons. The summed E-state index contributed by atoms with van der Waals surface area (Å²) in [5, 5.41) is 3.31. The number of hydrogen-bond donors (Lipinski definition) is 1. The number of rotatable bonds is 6. The molecule has 1 aliphatic heterocycles. The van der Waals surface area contributed by atoms with E-state index in [1.165, 1.54) is 6.42 Å². The van der Waals surface area contributed by atoms with Crippen LogP contribution < -0.4 is 10.2 Å². The molecule has 1 unspecified atom stereocenters. The number of aromatic nitrogens is 1. The zero-order valence-electron chi connectivity index (χ0n) is 11.4. The Bertz CT molecular complexity index is 364. The number of likely N-dealkylation sites (N-methyl/N-ethyl adjacent to an activating group) is 1. The second-order valence-corrected chi connectivity index (χ2v) is 4.82. The summed E-state index contributed by atoms with van der Waals surface area (Å²) < 4.78 is 5.66. The Labute approximate surface area is 109 Å². The number of nitrogens with zero attached hydrogens (tertiary/aromatic N) is 2. The Balaban J connectivity index is 1.93. The van der Waals surface area contributed by atoms with E-state index in [0.717, 1.165) is 44.2 Å². The number of pyridine rings is 1. The number of anilines is 2. The van der Waals surface area contributed by atoms with Gasteiger partial charge in [-0.3, -0.25) is 0 Å². The highest BCUT2D eigenvalue weighted by molar-refractivity contribution is 5.46. The van der Waals surface area contributed by atoms with Crippen LogP contribution in [0.5, 0.6) is 0 Å². The van der Waals surface area contributed by atoms with Gasteiger partial charge in [-0.1, -0.05) is 13.0 Å². The van der Waals surface area contributed by atoms with Crippen molar-refractivity contribution in [1.29, 1.82) is 0 Å². The van der Waals surface area contributed by atoms with E-state index >= 15 is 0 Å². The van der Waals surface area contributed by atoms with Gasteiger partial charge in [0.15, 0.2) is 0 Å². The second kappa shape index (κ2) is 6.59. The Morgan fingerprint density at radius 3 is 3.11 bits per heavy atom. The summed E-state index contributed by atoms with van der Waals surface area (Å²) in [7, 11) is 2.08. The van der Waals surface area contributed by atoms with E-state index < -0.39 is 0 Å². The van der Waals surface area contributed by atoms with Crippen molar-refractivity contribution in [3.8, 4) is 0 Å². The molecule has 4 heteroatoms. The lowest BCUT2D eigenvalue weighted by Gasteiger charge is -2.22. The molecular formula is C14H23N3O. The number of hydrogen-bond acceptors (Lipinski definition) is 4. The van der Waals surface area contributed by atoms with E-state index in [0.29, 0.717) is 6.10 Å². The number of ether oxygens (including phenoxy) is 1. The molecule has 0 aliphatic carbocycles. The molecule has 0 aromatic carbocycles. The van der Waals surface area contributed by atoms with Crippen molar-refractivity contribution in [2.24, 2.45) is 0 Å². The molecule has 2 heterocycles. The summed E-state index contributed by atoms with van der Waals surface area (Å²) in [5.74, 6) is 1.96. The van der Waals surface area contributed by atoms with E-state index in [1.54, 1.807) is 0 Å². The average Bonchev–Trinajstić information content (AvgIpc) is 2.89. The van der Waals surface area contributed by atoms with Crippen LogP contribution in [0.2, 0.25) is 0 Å². The lowest BCUT2D eigenvalue weighted by Crippen LogP contribution is -2.29. The molecular weight excluding hydrogens is 226 g/mol. The van der Waals surface area contributed by atoms with Crippen LogP contribution in [-0.4, -0.2) is 37.8 Å².